The number of hydrogen-bond donors (Lipinski definition) is 2. The van der Waals surface area contributed by atoms with Gasteiger partial charge in [0.05, 0.1) is 11.3 Å². The molecule has 5 nitrogen and oxygen atoms in total. The summed E-state index contributed by atoms with van der Waals surface area (Å²) in [6.45, 7) is 0. The molecule has 0 atom stereocenters. The lowest BCUT2D eigenvalue weighted by Crippen LogP contribution is -2.11. The Morgan fingerprint density at radius 3 is 2.23 bits per heavy atom. The number of carbonyl (C=O) groups is 1. The molecule has 1 heterocycles. The van der Waals surface area contributed by atoms with Crippen LogP contribution in [0.3, 0.4) is 0 Å². The van der Waals surface area contributed by atoms with Crippen LogP contribution in [-0.4, -0.2) is 21.0 Å². The van der Waals surface area contributed by atoms with Crippen molar-refractivity contribution in [3.63, 3.8) is 0 Å². The largest absolute Gasteiger partial charge is 0.478 e. The Balaban J connectivity index is 1.76. The number of hydrogen-bond acceptors (Lipinski definition) is 4. The summed E-state index contributed by atoms with van der Waals surface area (Å²) in [4.78, 5) is 18.8. The fraction of sp³-hybridized carbons (Fsp3) is 0.0455. The highest BCUT2D eigenvalue weighted by atomic mass is 19.4. The monoisotopic (exact) mass is 409 g/mol. The third-order valence-corrected chi connectivity index (χ3v) is 4.45. The van der Waals surface area contributed by atoms with E-state index in [-0.39, 0.29) is 17.2 Å². The third-order valence-electron chi connectivity index (χ3n) is 4.45. The minimum absolute atomic E-state index is 0.0577. The standard InChI is InChI=1S/C22H14F3N3O2/c23-22(24,25)19-12-18(16-6-5-13-3-1-2-4-15(13)11-16)27-21(28-19)26-17-9-7-14(8-10-17)20(29)30/h1-12H,(H,29,30)(H,26,27,28). The molecular formula is C22H14F3N3O2. The number of halogens is 3. The summed E-state index contributed by atoms with van der Waals surface area (Å²) in [6, 6.07) is 19.2. The number of nitrogens with zero attached hydrogens (tertiary/aromatic N) is 2. The van der Waals surface area contributed by atoms with Crippen LogP contribution in [0.1, 0.15) is 16.1 Å². The maximum atomic E-state index is 13.4. The SMILES string of the molecule is O=C(O)c1ccc(Nc2nc(-c3ccc4ccccc4c3)cc(C(F)(F)F)n2)cc1. The lowest BCUT2D eigenvalue weighted by molar-refractivity contribution is -0.141. The van der Waals surface area contributed by atoms with E-state index < -0.39 is 17.8 Å². The molecule has 3 aromatic carbocycles. The number of anilines is 2. The zero-order valence-corrected chi connectivity index (χ0v) is 15.3. The van der Waals surface area contributed by atoms with Crippen LogP contribution in [0.4, 0.5) is 24.8 Å². The number of carboxylic acids is 1. The van der Waals surface area contributed by atoms with E-state index in [4.69, 9.17) is 5.11 Å². The van der Waals surface area contributed by atoms with Gasteiger partial charge >= 0.3 is 12.1 Å². The summed E-state index contributed by atoms with van der Waals surface area (Å²) in [5.41, 5.74) is -0.0185. The van der Waals surface area contributed by atoms with Gasteiger partial charge in [-0.15, -0.1) is 0 Å². The van der Waals surface area contributed by atoms with Gasteiger partial charge in [-0.05, 0) is 47.2 Å². The second kappa shape index (κ2) is 7.47. The number of nitrogens with one attached hydrogen (secondary N) is 1. The van der Waals surface area contributed by atoms with Crippen molar-refractivity contribution in [3.05, 3.63) is 84.1 Å². The Hall–Kier alpha value is -3.94. The highest BCUT2D eigenvalue weighted by Gasteiger charge is 2.34. The van der Waals surface area contributed by atoms with Gasteiger partial charge in [-0.1, -0.05) is 36.4 Å². The second-order valence-electron chi connectivity index (χ2n) is 6.53. The maximum Gasteiger partial charge on any atom is 0.433 e. The van der Waals surface area contributed by atoms with Crippen molar-refractivity contribution in [1.29, 1.82) is 0 Å². The van der Waals surface area contributed by atoms with Crippen LogP contribution in [0.5, 0.6) is 0 Å². The van der Waals surface area contributed by atoms with Crippen LogP contribution >= 0.6 is 0 Å². The van der Waals surface area contributed by atoms with Gasteiger partial charge in [-0.3, -0.25) is 0 Å². The Kier molecular flexibility index (Phi) is 4.83. The molecule has 0 unspecified atom stereocenters. The first-order valence-corrected chi connectivity index (χ1v) is 8.85. The van der Waals surface area contributed by atoms with Crippen molar-refractivity contribution in [2.75, 3.05) is 5.32 Å². The van der Waals surface area contributed by atoms with Crippen LogP contribution in [0.2, 0.25) is 0 Å². The molecule has 0 fully saturated rings. The predicted molar refractivity (Wildman–Crippen MR) is 107 cm³/mol. The van der Waals surface area contributed by atoms with Crippen molar-refractivity contribution in [2.45, 2.75) is 6.18 Å². The van der Waals surface area contributed by atoms with E-state index >= 15 is 0 Å². The highest BCUT2D eigenvalue weighted by Crippen LogP contribution is 2.32. The number of rotatable bonds is 4. The quantitative estimate of drug-likeness (QED) is 0.448. The predicted octanol–water partition coefficient (Wildman–Crippen LogP) is 5.76. The first-order valence-electron chi connectivity index (χ1n) is 8.85. The van der Waals surface area contributed by atoms with Crippen molar-refractivity contribution in [3.8, 4) is 11.3 Å². The topological polar surface area (TPSA) is 75.1 Å². The van der Waals surface area contributed by atoms with E-state index in [0.717, 1.165) is 16.8 Å². The minimum Gasteiger partial charge on any atom is -0.478 e. The smallest absolute Gasteiger partial charge is 0.433 e. The second-order valence-corrected chi connectivity index (χ2v) is 6.53. The molecule has 30 heavy (non-hydrogen) atoms. The van der Waals surface area contributed by atoms with E-state index in [1.807, 2.05) is 30.3 Å². The molecule has 4 aromatic rings. The summed E-state index contributed by atoms with van der Waals surface area (Å²) in [5, 5.41) is 13.5. The number of benzene rings is 3. The van der Waals surface area contributed by atoms with Crippen LogP contribution in [-0.2, 0) is 6.18 Å². The molecule has 8 heteroatoms. The molecule has 1 aromatic heterocycles. The Morgan fingerprint density at radius 2 is 1.57 bits per heavy atom. The molecule has 0 aliphatic carbocycles. The number of aromatic nitrogens is 2. The third kappa shape index (κ3) is 4.07. The first-order chi connectivity index (χ1) is 14.3. The molecule has 2 N–H and O–H groups in total. The average molecular weight is 409 g/mol. The molecular weight excluding hydrogens is 395 g/mol. The Bertz CT molecular complexity index is 1240. The Morgan fingerprint density at radius 1 is 0.867 bits per heavy atom. The molecule has 0 radical (unpaired) electrons. The van der Waals surface area contributed by atoms with Crippen LogP contribution < -0.4 is 5.32 Å². The van der Waals surface area contributed by atoms with E-state index in [1.54, 1.807) is 12.1 Å². The van der Waals surface area contributed by atoms with E-state index in [1.165, 1.54) is 24.3 Å². The highest BCUT2D eigenvalue weighted by molar-refractivity contribution is 5.88. The van der Waals surface area contributed by atoms with E-state index in [2.05, 4.69) is 15.3 Å². The molecule has 0 saturated carbocycles. The average Bonchev–Trinajstić information content (AvgIpc) is 2.73. The number of carboxylic acid groups (broad SMARTS) is 1. The fourth-order valence-corrected chi connectivity index (χ4v) is 2.97. The summed E-state index contributed by atoms with van der Waals surface area (Å²) < 4.78 is 40.2. The van der Waals surface area contributed by atoms with Gasteiger partial charge in [0, 0.05) is 11.3 Å². The molecule has 4 rings (SSSR count). The van der Waals surface area contributed by atoms with Gasteiger partial charge < -0.3 is 10.4 Å². The van der Waals surface area contributed by atoms with Gasteiger partial charge in [-0.2, -0.15) is 13.2 Å². The number of aromatic carboxylic acids is 1. The van der Waals surface area contributed by atoms with Crippen molar-refractivity contribution in [1.82, 2.24) is 9.97 Å². The normalized spacial score (nSPS) is 11.4. The molecule has 0 aliphatic heterocycles. The summed E-state index contributed by atoms with van der Waals surface area (Å²) in [7, 11) is 0. The van der Waals surface area contributed by atoms with Crippen LogP contribution in [0.15, 0.2) is 72.8 Å². The minimum atomic E-state index is -4.65. The number of alkyl halides is 3. The first kappa shape index (κ1) is 19.4. The van der Waals surface area contributed by atoms with Crippen LogP contribution in [0, 0.1) is 0 Å². The Labute approximate surface area is 168 Å². The number of fused-ring (bicyclic) bond motifs is 1. The molecule has 0 spiro atoms. The van der Waals surface area contributed by atoms with Crippen molar-refractivity contribution in [2.24, 2.45) is 0 Å². The van der Waals surface area contributed by atoms with E-state index in [0.29, 0.717) is 11.3 Å². The van der Waals surface area contributed by atoms with Gasteiger partial charge in [-0.25, -0.2) is 14.8 Å². The molecule has 0 saturated heterocycles. The van der Waals surface area contributed by atoms with Crippen LogP contribution in [0.25, 0.3) is 22.0 Å². The lowest BCUT2D eigenvalue weighted by Gasteiger charge is -2.12. The maximum absolute atomic E-state index is 13.4. The lowest BCUT2D eigenvalue weighted by atomic mass is 10.0. The molecule has 0 amide bonds. The summed E-state index contributed by atoms with van der Waals surface area (Å²) >= 11 is 0. The zero-order chi connectivity index (χ0) is 21.3. The van der Waals surface area contributed by atoms with E-state index in [9.17, 15) is 18.0 Å². The fourth-order valence-electron chi connectivity index (χ4n) is 2.97. The van der Waals surface area contributed by atoms with Gasteiger partial charge in [0.15, 0.2) is 5.69 Å². The van der Waals surface area contributed by atoms with Gasteiger partial charge in [0.2, 0.25) is 5.95 Å². The van der Waals surface area contributed by atoms with Gasteiger partial charge in [0.1, 0.15) is 0 Å². The van der Waals surface area contributed by atoms with Gasteiger partial charge in [0.25, 0.3) is 0 Å². The summed E-state index contributed by atoms with van der Waals surface area (Å²) in [5.74, 6) is -1.34. The molecule has 0 aliphatic rings. The summed E-state index contributed by atoms with van der Waals surface area (Å²) in [6.07, 6.45) is -4.65. The molecule has 0 bridgehead atoms. The molecule has 150 valence electrons. The van der Waals surface area contributed by atoms with Crippen molar-refractivity contribution >= 4 is 28.4 Å². The van der Waals surface area contributed by atoms with Crippen molar-refractivity contribution < 1.29 is 23.1 Å². The zero-order valence-electron chi connectivity index (χ0n) is 15.3.